The highest BCUT2D eigenvalue weighted by Crippen LogP contribution is 2.19. The number of likely N-dealkylation sites (N-methyl/N-ethyl adjacent to an activating group) is 1. The standard InChI is InChI=1S/C18H28N6O/c1-14-10-15(2)24(21-14)18-12-19-11-17(20-18)23(8-7-22(3)4)13-16-6-5-9-25-16/h10-12,16H,5-9,13H2,1-4H3/t16-/m1/s1. The van der Waals surface area contributed by atoms with Crippen LogP contribution in [0.3, 0.4) is 0 Å². The van der Waals surface area contributed by atoms with Gasteiger partial charge >= 0.3 is 0 Å². The molecule has 1 aliphatic rings. The smallest absolute Gasteiger partial charge is 0.174 e. The van der Waals surface area contributed by atoms with E-state index in [1.807, 2.05) is 30.8 Å². The van der Waals surface area contributed by atoms with Crippen LogP contribution in [0.25, 0.3) is 5.82 Å². The summed E-state index contributed by atoms with van der Waals surface area (Å²) in [6.07, 6.45) is 6.13. The average molecular weight is 344 g/mol. The van der Waals surface area contributed by atoms with E-state index in [-0.39, 0.29) is 6.10 Å². The highest BCUT2D eigenvalue weighted by molar-refractivity contribution is 5.40. The Labute approximate surface area is 149 Å². The van der Waals surface area contributed by atoms with Crippen LogP contribution in [-0.2, 0) is 4.74 Å². The van der Waals surface area contributed by atoms with E-state index >= 15 is 0 Å². The monoisotopic (exact) mass is 344 g/mol. The lowest BCUT2D eigenvalue weighted by Crippen LogP contribution is -2.38. The molecule has 1 atom stereocenters. The van der Waals surface area contributed by atoms with Crippen LogP contribution in [0.4, 0.5) is 5.82 Å². The Balaban J connectivity index is 1.83. The molecule has 7 heteroatoms. The second-order valence-corrected chi connectivity index (χ2v) is 6.96. The Bertz CT molecular complexity index is 693. The number of nitrogens with zero attached hydrogens (tertiary/aromatic N) is 6. The Hall–Kier alpha value is -1.99. The maximum atomic E-state index is 5.83. The molecule has 0 aliphatic carbocycles. The average Bonchev–Trinajstić information content (AvgIpc) is 3.20. The van der Waals surface area contributed by atoms with Crippen molar-refractivity contribution in [2.24, 2.45) is 0 Å². The van der Waals surface area contributed by atoms with Crippen molar-refractivity contribution in [1.29, 1.82) is 0 Å². The van der Waals surface area contributed by atoms with Gasteiger partial charge in [0.1, 0.15) is 5.82 Å². The second-order valence-electron chi connectivity index (χ2n) is 6.96. The van der Waals surface area contributed by atoms with E-state index in [0.29, 0.717) is 0 Å². The zero-order chi connectivity index (χ0) is 17.8. The van der Waals surface area contributed by atoms with E-state index in [4.69, 9.17) is 9.72 Å². The minimum absolute atomic E-state index is 0.279. The predicted octanol–water partition coefficient (Wildman–Crippen LogP) is 1.83. The largest absolute Gasteiger partial charge is 0.376 e. The van der Waals surface area contributed by atoms with Crippen LogP contribution >= 0.6 is 0 Å². The van der Waals surface area contributed by atoms with E-state index in [2.05, 4.69) is 34.0 Å². The molecule has 0 saturated carbocycles. The molecule has 1 saturated heterocycles. The molecule has 0 bridgehead atoms. The third kappa shape index (κ3) is 4.55. The molecule has 3 heterocycles. The molecule has 136 valence electrons. The summed E-state index contributed by atoms with van der Waals surface area (Å²) in [6, 6.07) is 2.05. The summed E-state index contributed by atoms with van der Waals surface area (Å²) in [5.74, 6) is 1.63. The number of aromatic nitrogens is 4. The van der Waals surface area contributed by atoms with Gasteiger partial charge in [0.2, 0.25) is 0 Å². The number of rotatable bonds is 7. The molecule has 25 heavy (non-hydrogen) atoms. The first-order valence-electron chi connectivity index (χ1n) is 8.90. The minimum atomic E-state index is 0.279. The van der Waals surface area contributed by atoms with Crippen molar-refractivity contribution in [2.45, 2.75) is 32.8 Å². The molecule has 0 unspecified atom stereocenters. The summed E-state index contributed by atoms with van der Waals surface area (Å²) in [6.45, 7) is 7.58. The highest BCUT2D eigenvalue weighted by Gasteiger charge is 2.21. The fourth-order valence-corrected chi connectivity index (χ4v) is 3.12. The number of hydrogen-bond donors (Lipinski definition) is 0. The summed E-state index contributed by atoms with van der Waals surface area (Å²) in [4.78, 5) is 13.7. The maximum absolute atomic E-state index is 5.83. The van der Waals surface area contributed by atoms with Gasteiger partial charge in [-0.3, -0.25) is 4.98 Å². The normalized spacial score (nSPS) is 17.4. The summed E-state index contributed by atoms with van der Waals surface area (Å²) < 4.78 is 7.68. The zero-order valence-electron chi connectivity index (χ0n) is 15.6. The number of aryl methyl sites for hydroxylation is 2. The third-order valence-corrected chi connectivity index (χ3v) is 4.42. The number of ether oxygens (including phenoxy) is 1. The van der Waals surface area contributed by atoms with Gasteiger partial charge in [0.25, 0.3) is 0 Å². The maximum Gasteiger partial charge on any atom is 0.174 e. The van der Waals surface area contributed by atoms with Crippen molar-refractivity contribution < 1.29 is 4.74 Å². The molecule has 7 nitrogen and oxygen atoms in total. The molecular weight excluding hydrogens is 316 g/mol. The van der Waals surface area contributed by atoms with Gasteiger partial charge in [-0.05, 0) is 46.9 Å². The third-order valence-electron chi connectivity index (χ3n) is 4.42. The van der Waals surface area contributed by atoms with E-state index in [1.165, 1.54) is 0 Å². The Morgan fingerprint density at radius 3 is 2.72 bits per heavy atom. The van der Waals surface area contributed by atoms with Crippen LogP contribution < -0.4 is 4.90 Å². The second kappa shape index (κ2) is 7.93. The van der Waals surface area contributed by atoms with Crippen LogP contribution in [0.5, 0.6) is 0 Å². The number of anilines is 1. The molecule has 1 aliphatic heterocycles. The molecule has 0 spiro atoms. The van der Waals surface area contributed by atoms with Crippen LogP contribution in [0, 0.1) is 13.8 Å². The Kier molecular flexibility index (Phi) is 5.65. The van der Waals surface area contributed by atoms with Crippen LogP contribution in [0.1, 0.15) is 24.2 Å². The first-order valence-corrected chi connectivity index (χ1v) is 8.90. The van der Waals surface area contributed by atoms with E-state index in [9.17, 15) is 0 Å². The van der Waals surface area contributed by atoms with Gasteiger partial charge in [-0.1, -0.05) is 0 Å². The van der Waals surface area contributed by atoms with Gasteiger partial charge in [-0.25, -0.2) is 9.67 Å². The van der Waals surface area contributed by atoms with Gasteiger partial charge in [0.15, 0.2) is 5.82 Å². The summed E-state index contributed by atoms with van der Waals surface area (Å²) >= 11 is 0. The van der Waals surface area contributed by atoms with Gasteiger partial charge in [0.05, 0.1) is 24.2 Å². The van der Waals surface area contributed by atoms with Gasteiger partial charge in [-0.15, -0.1) is 0 Å². The Morgan fingerprint density at radius 1 is 1.24 bits per heavy atom. The molecule has 0 radical (unpaired) electrons. The molecule has 2 aromatic heterocycles. The minimum Gasteiger partial charge on any atom is -0.376 e. The van der Waals surface area contributed by atoms with Gasteiger partial charge < -0.3 is 14.5 Å². The highest BCUT2D eigenvalue weighted by atomic mass is 16.5. The molecule has 0 aromatic carbocycles. The van der Waals surface area contributed by atoms with E-state index in [1.54, 1.807) is 6.20 Å². The fourth-order valence-electron chi connectivity index (χ4n) is 3.12. The molecule has 1 fully saturated rings. The Morgan fingerprint density at radius 2 is 2.08 bits per heavy atom. The van der Waals surface area contributed by atoms with Crippen molar-refractivity contribution in [3.63, 3.8) is 0 Å². The molecular formula is C18H28N6O. The van der Waals surface area contributed by atoms with Crippen LogP contribution in [-0.4, -0.2) is 71.1 Å². The van der Waals surface area contributed by atoms with Crippen molar-refractivity contribution in [3.05, 3.63) is 29.8 Å². The van der Waals surface area contributed by atoms with E-state index < -0.39 is 0 Å². The lowest BCUT2D eigenvalue weighted by atomic mass is 10.2. The lowest BCUT2D eigenvalue weighted by Gasteiger charge is -2.27. The number of hydrogen-bond acceptors (Lipinski definition) is 6. The fraction of sp³-hybridized carbons (Fsp3) is 0.611. The lowest BCUT2D eigenvalue weighted by molar-refractivity contribution is 0.115. The molecule has 3 rings (SSSR count). The summed E-state index contributed by atoms with van der Waals surface area (Å²) in [5, 5.41) is 4.52. The molecule has 0 N–H and O–H groups in total. The summed E-state index contributed by atoms with van der Waals surface area (Å²) in [7, 11) is 4.17. The molecule has 2 aromatic rings. The predicted molar refractivity (Wildman–Crippen MR) is 98.4 cm³/mol. The van der Waals surface area contributed by atoms with Gasteiger partial charge in [0, 0.05) is 31.9 Å². The SMILES string of the molecule is Cc1cc(C)n(-c2cncc(N(CCN(C)C)C[C@H]3CCCO3)n2)n1. The van der Waals surface area contributed by atoms with Crippen molar-refractivity contribution in [1.82, 2.24) is 24.6 Å². The van der Waals surface area contributed by atoms with Crippen LogP contribution in [0.2, 0.25) is 0 Å². The van der Waals surface area contributed by atoms with Crippen molar-refractivity contribution in [3.8, 4) is 5.82 Å². The van der Waals surface area contributed by atoms with Crippen molar-refractivity contribution in [2.75, 3.05) is 45.2 Å². The topological polar surface area (TPSA) is 59.3 Å². The first-order chi connectivity index (χ1) is 12.0. The van der Waals surface area contributed by atoms with E-state index in [0.717, 1.165) is 62.1 Å². The zero-order valence-corrected chi connectivity index (χ0v) is 15.6. The first kappa shape index (κ1) is 17.8. The summed E-state index contributed by atoms with van der Waals surface area (Å²) in [5.41, 5.74) is 2.04. The van der Waals surface area contributed by atoms with Crippen molar-refractivity contribution >= 4 is 5.82 Å². The molecule has 0 amide bonds. The van der Waals surface area contributed by atoms with Crippen LogP contribution in [0.15, 0.2) is 18.5 Å². The quantitative estimate of drug-likeness (QED) is 0.764. The van der Waals surface area contributed by atoms with Gasteiger partial charge in [-0.2, -0.15) is 5.10 Å².